The fraction of sp³-hybridized carbons (Fsp3) is 0.458. The van der Waals surface area contributed by atoms with Crippen LogP contribution in [0.25, 0.3) is 0 Å². The molecule has 1 spiro atoms. The molecular weight excluding hydrogens is 410 g/mol. The van der Waals surface area contributed by atoms with Crippen molar-refractivity contribution in [1.82, 2.24) is 4.98 Å². The van der Waals surface area contributed by atoms with Gasteiger partial charge in [0.2, 0.25) is 0 Å². The van der Waals surface area contributed by atoms with Crippen molar-refractivity contribution in [3.8, 4) is 0 Å². The predicted molar refractivity (Wildman–Crippen MR) is 122 cm³/mol. The van der Waals surface area contributed by atoms with Crippen LogP contribution in [-0.2, 0) is 28.2 Å². The highest BCUT2D eigenvalue weighted by atomic mass is 32.2. The van der Waals surface area contributed by atoms with Crippen LogP contribution in [0.1, 0.15) is 65.0 Å². The first-order valence-corrected chi connectivity index (χ1v) is 12.3. The maximum atomic E-state index is 13.1. The van der Waals surface area contributed by atoms with Crippen molar-refractivity contribution in [3.05, 3.63) is 64.0 Å². The van der Waals surface area contributed by atoms with E-state index < -0.39 is 20.1 Å². The SMILES string of the molecule is Cc1cnc(C(=O)Cc2ccc3c(c2)[C@]2(CCC3)CS(=O)(=O)C(C)(C)C(N)=N2)c(C)c1. The molecule has 6 nitrogen and oxygen atoms in total. The second kappa shape index (κ2) is 7.26. The monoisotopic (exact) mass is 439 g/mol. The molecule has 31 heavy (non-hydrogen) atoms. The van der Waals surface area contributed by atoms with Crippen molar-refractivity contribution in [1.29, 1.82) is 0 Å². The van der Waals surface area contributed by atoms with E-state index in [1.807, 2.05) is 38.1 Å². The van der Waals surface area contributed by atoms with Gasteiger partial charge in [-0.25, -0.2) is 8.42 Å². The quantitative estimate of drug-likeness (QED) is 0.740. The molecule has 1 aliphatic carbocycles. The lowest BCUT2D eigenvalue weighted by molar-refractivity contribution is 0.0987. The molecule has 1 aliphatic heterocycles. The zero-order valence-electron chi connectivity index (χ0n) is 18.5. The molecule has 1 aromatic carbocycles. The number of Topliss-reactive ketones (excluding diaryl/α,β-unsaturated/α-hetero) is 1. The first-order valence-electron chi connectivity index (χ1n) is 10.6. The average molecular weight is 440 g/mol. The third-order valence-electron chi connectivity index (χ3n) is 6.71. The Bertz CT molecular complexity index is 1210. The van der Waals surface area contributed by atoms with E-state index >= 15 is 0 Å². The fourth-order valence-electron chi connectivity index (χ4n) is 4.68. The summed E-state index contributed by atoms with van der Waals surface area (Å²) in [6.07, 6.45) is 4.26. The number of rotatable bonds is 3. The van der Waals surface area contributed by atoms with Crippen LogP contribution in [0.5, 0.6) is 0 Å². The van der Waals surface area contributed by atoms with Crippen LogP contribution in [0.15, 0.2) is 35.5 Å². The van der Waals surface area contributed by atoms with Gasteiger partial charge in [0.25, 0.3) is 0 Å². The zero-order valence-corrected chi connectivity index (χ0v) is 19.3. The smallest absolute Gasteiger partial charge is 0.185 e. The van der Waals surface area contributed by atoms with E-state index in [2.05, 4.69) is 4.98 Å². The number of carbonyl (C=O) groups is 1. The van der Waals surface area contributed by atoms with Crippen LogP contribution >= 0.6 is 0 Å². The molecule has 0 bridgehead atoms. The molecule has 2 aromatic rings. The lowest BCUT2D eigenvalue weighted by Crippen LogP contribution is -2.56. The van der Waals surface area contributed by atoms with Crippen molar-refractivity contribution < 1.29 is 13.2 Å². The minimum Gasteiger partial charge on any atom is -0.386 e. The Morgan fingerprint density at radius 3 is 2.61 bits per heavy atom. The Balaban J connectivity index is 1.74. The topological polar surface area (TPSA) is 102 Å². The normalized spacial score (nSPS) is 23.8. The van der Waals surface area contributed by atoms with Crippen molar-refractivity contribution in [2.24, 2.45) is 10.7 Å². The lowest BCUT2D eigenvalue weighted by atomic mass is 9.76. The number of hydrogen-bond donors (Lipinski definition) is 1. The largest absolute Gasteiger partial charge is 0.386 e. The Kier molecular flexibility index (Phi) is 5.08. The maximum absolute atomic E-state index is 13.1. The number of aryl methyl sites for hydroxylation is 3. The predicted octanol–water partition coefficient (Wildman–Crippen LogP) is 3.22. The van der Waals surface area contributed by atoms with E-state index in [0.717, 1.165) is 40.7 Å². The van der Waals surface area contributed by atoms with E-state index in [4.69, 9.17) is 10.7 Å². The first kappa shape index (κ1) is 21.7. The molecule has 0 unspecified atom stereocenters. The number of ketones is 1. The van der Waals surface area contributed by atoms with E-state index in [-0.39, 0.29) is 23.8 Å². The highest BCUT2D eigenvalue weighted by Gasteiger charge is 2.51. The molecule has 1 atom stereocenters. The second-order valence-corrected chi connectivity index (χ2v) is 12.0. The molecule has 2 aliphatic rings. The molecule has 0 saturated heterocycles. The minimum absolute atomic E-state index is 0.0530. The van der Waals surface area contributed by atoms with Gasteiger partial charge < -0.3 is 5.73 Å². The van der Waals surface area contributed by atoms with E-state index in [9.17, 15) is 13.2 Å². The molecular formula is C24H29N3O3S. The molecule has 7 heteroatoms. The molecule has 4 rings (SSSR count). The summed E-state index contributed by atoms with van der Waals surface area (Å²) >= 11 is 0. The number of hydrogen-bond acceptors (Lipinski definition) is 6. The van der Waals surface area contributed by atoms with Gasteiger partial charge in [0, 0.05) is 12.6 Å². The number of nitrogens with two attached hydrogens (primary N) is 1. The number of nitrogens with zero attached hydrogens (tertiary/aromatic N) is 2. The maximum Gasteiger partial charge on any atom is 0.185 e. The van der Waals surface area contributed by atoms with Gasteiger partial charge in [0.15, 0.2) is 15.6 Å². The van der Waals surface area contributed by atoms with Gasteiger partial charge in [-0.05, 0) is 74.8 Å². The number of benzene rings is 1. The van der Waals surface area contributed by atoms with Gasteiger partial charge in [-0.15, -0.1) is 0 Å². The van der Waals surface area contributed by atoms with Gasteiger partial charge in [-0.2, -0.15) is 0 Å². The number of carbonyl (C=O) groups excluding carboxylic acids is 1. The summed E-state index contributed by atoms with van der Waals surface area (Å²) in [5, 5.41) is 0. The Morgan fingerprint density at radius 2 is 1.94 bits per heavy atom. The third-order valence-corrected chi connectivity index (χ3v) is 9.34. The molecule has 0 saturated carbocycles. The van der Waals surface area contributed by atoms with E-state index in [1.54, 1.807) is 20.0 Å². The minimum atomic E-state index is -3.48. The van der Waals surface area contributed by atoms with Crippen molar-refractivity contribution in [2.75, 3.05) is 5.75 Å². The van der Waals surface area contributed by atoms with Gasteiger partial charge >= 0.3 is 0 Å². The second-order valence-electron chi connectivity index (χ2n) is 9.42. The molecule has 0 radical (unpaired) electrons. The molecule has 2 N–H and O–H groups in total. The third kappa shape index (κ3) is 3.59. The zero-order chi connectivity index (χ0) is 22.6. The standard InChI is InChI=1S/C24H29N3O3S/c1-15-10-16(2)21(26-13-15)20(28)12-17-7-8-18-6-5-9-24(19(18)11-17)14-31(29,30)23(3,4)22(25)27-24/h7-8,10-11,13H,5-6,9,12,14H2,1-4H3,(H2,25,27)/t24-/m0/s1. The van der Waals surface area contributed by atoms with Crippen LogP contribution in [0.2, 0.25) is 0 Å². The highest BCUT2D eigenvalue weighted by Crippen LogP contribution is 2.44. The first-order chi connectivity index (χ1) is 14.4. The Morgan fingerprint density at radius 1 is 1.19 bits per heavy atom. The highest BCUT2D eigenvalue weighted by molar-refractivity contribution is 7.93. The molecule has 1 aromatic heterocycles. The van der Waals surface area contributed by atoms with Crippen LogP contribution in [0.3, 0.4) is 0 Å². The average Bonchev–Trinajstić information content (AvgIpc) is 2.67. The summed E-state index contributed by atoms with van der Waals surface area (Å²) < 4.78 is 25.0. The fourth-order valence-corrected chi connectivity index (χ4v) is 6.40. The summed E-state index contributed by atoms with van der Waals surface area (Å²) in [5.41, 5.74) is 10.5. The summed E-state index contributed by atoms with van der Waals surface area (Å²) in [5.74, 6) is 0.0479. The molecule has 0 amide bonds. The number of aliphatic imine (C=N–C) groups is 1. The number of sulfone groups is 1. The summed E-state index contributed by atoms with van der Waals surface area (Å²) in [6, 6.07) is 7.87. The number of fused-ring (bicyclic) bond motifs is 2. The number of pyridine rings is 1. The molecule has 2 heterocycles. The van der Waals surface area contributed by atoms with Crippen molar-refractivity contribution in [2.45, 2.75) is 63.7 Å². The Labute approximate surface area is 183 Å². The number of aromatic nitrogens is 1. The van der Waals surface area contributed by atoms with Gasteiger partial charge in [0.1, 0.15) is 21.8 Å². The summed E-state index contributed by atoms with van der Waals surface area (Å²) in [6.45, 7) is 7.07. The molecule has 164 valence electrons. The van der Waals surface area contributed by atoms with Crippen LogP contribution in [0.4, 0.5) is 0 Å². The van der Waals surface area contributed by atoms with Crippen molar-refractivity contribution >= 4 is 21.5 Å². The van der Waals surface area contributed by atoms with Crippen LogP contribution in [-0.4, -0.2) is 35.5 Å². The summed E-state index contributed by atoms with van der Waals surface area (Å²) in [7, 11) is -3.48. The Hall–Kier alpha value is -2.54. The molecule has 0 fully saturated rings. The van der Waals surface area contributed by atoms with Crippen LogP contribution < -0.4 is 5.73 Å². The van der Waals surface area contributed by atoms with E-state index in [1.165, 1.54) is 0 Å². The van der Waals surface area contributed by atoms with E-state index in [0.29, 0.717) is 12.1 Å². The van der Waals surface area contributed by atoms with Gasteiger partial charge in [-0.1, -0.05) is 24.3 Å². The van der Waals surface area contributed by atoms with Crippen LogP contribution in [0, 0.1) is 13.8 Å². The van der Waals surface area contributed by atoms with Crippen molar-refractivity contribution in [3.63, 3.8) is 0 Å². The number of amidine groups is 1. The summed E-state index contributed by atoms with van der Waals surface area (Å²) in [4.78, 5) is 22.0. The van der Waals surface area contributed by atoms with Gasteiger partial charge in [-0.3, -0.25) is 14.8 Å². The van der Waals surface area contributed by atoms with Gasteiger partial charge in [0.05, 0.1) is 5.75 Å². The lowest BCUT2D eigenvalue weighted by Gasteiger charge is -2.43.